The number of H-pyrrole nitrogens is 1. The molecule has 2 aromatic rings. The summed E-state index contributed by atoms with van der Waals surface area (Å²) < 4.78 is 17.9. The number of rotatable bonds is 1. The van der Waals surface area contributed by atoms with Crippen LogP contribution in [0.5, 0.6) is 0 Å². The van der Waals surface area contributed by atoms with Gasteiger partial charge in [-0.05, 0) is 24.4 Å². The van der Waals surface area contributed by atoms with Crippen LogP contribution < -0.4 is 0 Å². The molecule has 4 heteroatoms. The average molecular weight is 195 g/mol. The van der Waals surface area contributed by atoms with E-state index in [1.54, 1.807) is 18.3 Å². The van der Waals surface area contributed by atoms with Crippen molar-refractivity contribution in [2.24, 2.45) is 0 Å². The van der Waals surface area contributed by atoms with Crippen LogP contribution in [0, 0.1) is 10.7 Å². The van der Waals surface area contributed by atoms with Crippen LogP contribution in [0.25, 0.3) is 11.3 Å². The predicted octanol–water partition coefficient (Wildman–Crippen LogP) is 3.14. The Morgan fingerprint density at radius 2 is 2.23 bits per heavy atom. The summed E-state index contributed by atoms with van der Waals surface area (Å²) >= 11 is 4.75. The Balaban J connectivity index is 2.52. The van der Waals surface area contributed by atoms with E-state index in [-0.39, 0.29) is 5.82 Å². The highest BCUT2D eigenvalue weighted by Crippen LogP contribution is 2.19. The van der Waals surface area contributed by atoms with E-state index in [1.807, 2.05) is 0 Å². The average Bonchev–Trinajstić information content (AvgIpc) is 2.52. The standard InChI is InChI=1S/C9H6FNOS/c10-7-3-1-2-6(4-7)8-5-11-9(13)12-8/h1-5H,(H,11,13). The Morgan fingerprint density at radius 3 is 2.85 bits per heavy atom. The number of aromatic nitrogens is 1. The van der Waals surface area contributed by atoms with Crippen LogP contribution in [0.15, 0.2) is 34.9 Å². The van der Waals surface area contributed by atoms with Gasteiger partial charge in [0.15, 0.2) is 5.76 Å². The topological polar surface area (TPSA) is 28.9 Å². The number of benzene rings is 1. The molecule has 1 aromatic carbocycles. The van der Waals surface area contributed by atoms with Crippen molar-refractivity contribution < 1.29 is 8.81 Å². The molecule has 66 valence electrons. The molecule has 0 aliphatic heterocycles. The van der Waals surface area contributed by atoms with Crippen molar-refractivity contribution in [1.82, 2.24) is 4.98 Å². The lowest BCUT2D eigenvalue weighted by molar-refractivity contribution is 0.553. The van der Waals surface area contributed by atoms with Crippen molar-refractivity contribution in [3.05, 3.63) is 41.1 Å². The summed E-state index contributed by atoms with van der Waals surface area (Å²) in [7, 11) is 0. The quantitative estimate of drug-likeness (QED) is 0.708. The van der Waals surface area contributed by atoms with E-state index in [2.05, 4.69) is 4.98 Å². The molecule has 0 saturated heterocycles. The third-order valence-corrected chi connectivity index (χ3v) is 1.83. The van der Waals surface area contributed by atoms with Crippen molar-refractivity contribution in [1.29, 1.82) is 0 Å². The van der Waals surface area contributed by atoms with Gasteiger partial charge in [0.2, 0.25) is 0 Å². The van der Waals surface area contributed by atoms with Crippen LogP contribution in [0.4, 0.5) is 4.39 Å². The van der Waals surface area contributed by atoms with Crippen molar-refractivity contribution in [3.63, 3.8) is 0 Å². The van der Waals surface area contributed by atoms with Crippen LogP contribution in [-0.2, 0) is 0 Å². The highest BCUT2D eigenvalue weighted by Gasteiger charge is 2.01. The van der Waals surface area contributed by atoms with E-state index < -0.39 is 0 Å². The van der Waals surface area contributed by atoms with E-state index in [1.165, 1.54) is 12.1 Å². The molecule has 2 nitrogen and oxygen atoms in total. The molecule has 0 amide bonds. The SMILES string of the molecule is Fc1cccc(-c2c[nH]c(=S)o2)c1. The predicted molar refractivity (Wildman–Crippen MR) is 49.3 cm³/mol. The number of oxazole rings is 1. The van der Waals surface area contributed by atoms with Crippen molar-refractivity contribution in [2.45, 2.75) is 0 Å². The van der Waals surface area contributed by atoms with Gasteiger partial charge in [-0.3, -0.25) is 0 Å². The zero-order chi connectivity index (χ0) is 9.26. The van der Waals surface area contributed by atoms with Crippen molar-refractivity contribution >= 4 is 12.2 Å². The van der Waals surface area contributed by atoms with Gasteiger partial charge in [0.05, 0.1) is 0 Å². The maximum Gasteiger partial charge on any atom is 0.266 e. The number of halogens is 1. The largest absolute Gasteiger partial charge is 0.429 e. The van der Waals surface area contributed by atoms with E-state index in [4.69, 9.17) is 16.6 Å². The summed E-state index contributed by atoms with van der Waals surface area (Å²) in [5.74, 6) is 0.254. The first-order chi connectivity index (χ1) is 6.25. The lowest BCUT2D eigenvalue weighted by Crippen LogP contribution is -1.75. The third-order valence-electron chi connectivity index (χ3n) is 1.63. The Labute approximate surface area is 79.0 Å². The summed E-state index contributed by atoms with van der Waals surface area (Å²) in [5, 5.41) is 0. The molecule has 13 heavy (non-hydrogen) atoms. The van der Waals surface area contributed by atoms with Gasteiger partial charge in [0.1, 0.15) is 5.82 Å². The van der Waals surface area contributed by atoms with Gasteiger partial charge in [0.25, 0.3) is 4.84 Å². The zero-order valence-corrected chi connectivity index (χ0v) is 7.40. The lowest BCUT2D eigenvalue weighted by atomic mass is 10.2. The van der Waals surface area contributed by atoms with Crippen molar-refractivity contribution in [2.75, 3.05) is 0 Å². The number of nitrogens with one attached hydrogen (secondary N) is 1. The smallest absolute Gasteiger partial charge is 0.266 e. The highest BCUT2D eigenvalue weighted by atomic mass is 32.1. The number of hydrogen-bond donors (Lipinski definition) is 1. The Kier molecular flexibility index (Phi) is 1.98. The summed E-state index contributed by atoms with van der Waals surface area (Å²) in [6.45, 7) is 0. The Bertz CT molecular complexity index is 474. The molecular formula is C9H6FNOS. The van der Waals surface area contributed by atoms with Gasteiger partial charge in [-0.15, -0.1) is 0 Å². The number of hydrogen-bond acceptors (Lipinski definition) is 2. The van der Waals surface area contributed by atoms with Gasteiger partial charge in [-0.2, -0.15) is 0 Å². The Hall–Kier alpha value is -1.42. The van der Waals surface area contributed by atoms with Gasteiger partial charge < -0.3 is 9.40 Å². The molecule has 2 rings (SSSR count). The van der Waals surface area contributed by atoms with E-state index in [0.29, 0.717) is 16.2 Å². The molecule has 0 aliphatic rings. The fourth-order valence-corrected chi connectivity index (χ4v) is 1.22. The summed E-state index contributed by atoms with van der Waals surface area (Å²) in [5.41, 5.74) is 0.673. The molecule has 0 fully saturated rings. The maximum atomic E-state index is 12.8. The first-order valence-electron chi connectivity index (χ1n) is 3.70. The fourth-order valence-electron chi connectivity index (χ4n) is 1.07. The molecular weight excluding hydrogens is 189 g/mol. The van der Waals surface area contributed by atoms with Crippen molar-refractivity contribution in [3.8, 4) is 11.3 Å². The summed E-state index contributed by atoms with van der Waals surface area (Å²) in [6.07, 6.45) is 1.61. The number of aromatic amines is 1. The molecule has 0 aliphatic carbocycles. The fraction of sp³-hybridized carbons (Fsp3) is 0. The van der Waals surface area contributed by atoms with Gasteiger partial charge >= 0.3 is 0 Å². The highest BCUT2D eigenvalue weighted by molar-refractivity contribution is 7.71. The molecule has 0 atom stereocenters. The second-order valence-electron chi connectivity index (χ2n) is 2.55. The second kappa shape index (κ2) is 3.14. The molecule has 1 heterocycles. The van der Waals surface area contributed by atoms with Crippen LogP contribution >= 0.6 is 12.2 Å². The summed E-state index contributed by atoms with van der Waals surface area (Å²) in [6, 6.07) is 6.15. The zero-order valence-electron chi connectivity index (χ0n) is 6.58. The molecule has 1 aromatic heterocycles. The molecule has 0 saturated carbocycles. The van der Waals surface area contributed by atoms with Crippen LogP contribution in [0.1, 0.15) is 0 Å². The minimum absolute atomic E-state index is 0.291. The van der Waals surface area contributed by atoms with Crippen LogP contribution in [0.2, 0.25) is 0 Å². The lowest BCUT2D eigenvalue weighted by Gasteiger charge is -1.94. The van der Waals surface area contributed by atoms with Gasteiger partial charge in [-0.1, -0.05) is 12.1 Å². The molecule has 0 bridgehead atoms. The first kappa shape index (κ1) is 8.19. The molecule has 0 radical (unpaired) electrons. The molecule has 0 spiro atoms. The minimum atomic E-state index is -0.292. The second-order valence-corrected chi connectivity index (χ2v) is 2.92. The monoisotopic (exact) mass is 195 g/mol. The minimum Gasteiger partial charge on any atom is -0.429 e. The van der Waals surface area contributed by atoms with Gasteiger partial charge in [0, 0.05) is 11.8 Å². The molecule has 1 N–H and O–H groups in total. The summed E-state index contributed by atoms with van der Waals surface area (Å²) in [4.78, 5) is 3.00. The Morgan fingerprint density at radius 1 is 1.38 bits per heavy atom. The van der Waals surface area contributed by atoms with E-state index in [9.17, 15) is 4.39 Å². The maximum absolute atomic E-state index is 12.8. The third kappa shape index (κ3) is 1.67. The van der Waals surface area contributed by atoms with Crippen LogP contribution in [-0.4, -0.2) is 4.98 Å². The first-order valence-corrected chi connectivity index (χ1v) is 4.11. The normalized spacial score (nSPS) is 10.2. The van der Waals surface area contributed by atoms with Gasteiger partial charge in [-0.25, -0.2) is 4.39 Å². The van der Waals surface area contributed by atoms with E-state index >= 15 is 0 Å². The van der Waals surface area contributed by atoms with E-state index in [0.717, 1.165) is 0 Å². The molecule has 0 unspecified atom stereocenters. The van der Waals surface area contributed by atoms with Crippen LogP contribution in [0.3, 0.4) is 0 Å².